The molecule has 0 atom stereocenters. The molecule has 5 nitrogen and oxygen atoms in total. The molecule has 0 saturated heterocycles. The van der Waals surface area contributed by atoms with Gasteiger partial charge in [0.25, 0.3) is 0 Å². The van der Waals surface area contributed by atoms with Crippen LogP contribution in [0.2, 0.25) is 5.15 Å². The first-order valence-corrected chi connectivity index (χ1v) is 6.96. The molecule has 0 fully saturated rings. The van der Waals surface area contributed by atoms with Crippen molar-refractivity contribution >= 4 is 17.4 Å². The van der Waals surface area contributed by atoms with Crippen LogP contribution < -0.4 is 4.90 Å². The van der Waals surface area contributed by atoms with Crippen molar-refractivity contribution in [2.75, 3.05) is 44.4 Å². The minimum Gasteiger partial charge on any atom is -0.380 e. The van der Waals surface area contributed by atoms with E-state index in [1.54, 1.807) is 0 Å². The molecule has 1 rings (SSSR count). The molecule has 0 aliphatic carbocycles. The van der Waals surface area contributed by atoms with E-state index in [1.807, 2.05) is 20.8 Å². The SMILES string of the molecule is CCOCCN(CCOCC)c1ncnc(Cl)c1C. The van der Waals surface area contributed by atoms with Crippen molar-refractivity contribution in [3.05, 3.63) is 17.0 Å². The van der Waals surface area contributed by atoms with E-state index in [2.05, 4.69) is 14.9 Å². The molecule has 19 heavy (non-hydrogen) atoms. The second kappa shape index (κ2) is 9.07. The van der Waals surface area contributed by atoms with E-state index in [9.17, 15) is 0 Å². The lowest BCUT2D eigenvalue weighted by atomic mass is 10.3. The van der Waals surface area contributed by atoms with E-state index < -0.39 is 0 Å². The molecule has 1 aromatic rings. The van der Waals surface area contributed by atoms with Gasteiger partial charge < -0.3 is 14.4 Å². The Morgan fingerprint density at radius 1 is 1.11 bits per heavy atom. The molecule has 0 saturated carbocycles. The van der Waals surface area contributed by atoms with Crippen LogP contribution in [0.25, 0.3) is 0 Å². The highest BCUT2D eigenvalue weighted by molar-refractivity contribution is 6.30. The van der Waals surface area contributed by atoms with Gasteiger partial charge in [0.15, 0.2) is 0 Å². The summed E-state index contributed by atoms with van der Waals surface area (Å²) < 4.78 is 10.8. The van der Waals surface area contributed by atoms with Crippen molar-refractivity contribution < 1.29 is 9.47 Å². The Bertz CT molecular complexity index is 367. The number of rotatable bonds is 9. The van der Waals surface area contributed by atoms with Gasteiger partial charge in [0.2, 0.25) is 0 Å². The van der Waals surface area contributed by atoms with Crippen molar-refractivity contribution in [1.82, 2.24) is 9.97 Å². The summed E-state index contributed by atoms with van der Waals surface area (Å²) in [5, 5.41) is 0.489. The highest BCUT2D eigenvalue weighted by Crippen LogP contribution is 2.21. The van der Waals surface area contributed by atoms with E-state index >= 15 is 0 Å². The number of anilines is 1. The first-order valence-electron chi connectivity index (χ1n) is 6.58. The first-order chi connectivity index (χ1) is 9.20. The second-order valence-corrected chi connectivity index (χ2v) is 4.35. The number of ether oxygens (including phenoxy) is 2. The largest absolute Gasteiger partial charge is 0.380 e. The van der Waals surface area contributed by atoms with Gasteiger partial charge >= 0.3 is 0 Å². The number of aromatic nitrogens is 2. The molecule has 0 bridgehead atoms. The Labute approximate surface area is 119 Å². The summed E-state index contributed by atoms with van der Waals surface area (Å²) in [7, 11) is 0. The average Bonchev–Trinajstić information content (AvgIpc) is 2.41. The van der Waals surface area contributed by atoms with Crippen LogP contribution in [0.15, 0.2) is 6.33 Å². The second-order valence-electron chi connectivity index (χ2n) is 3.99. The topological polar surface area (TPSA) is 47.5 Å². The predicted molar refractivity (Wildman–Crippen MR) is 77.0 cm³/mol. The van der Waals surface area contributed by atoms with Crippen LogP contribution in [0.1, 0.15) is 19.4 Å². The fraction of sp³-hybridized carbons (Fsp3) is 0.692. The quantitative estimate of drug-likeness (QED) is 0.515. The van der Waals surface area contributed by atoms with Gasteiger partial charge in [0.1, 0.15) is 17.3 Å². The molecular formula is C13H22ClN3O2. The van der Waals surface area contributed by atoms with E-state index in [1.165, 1.54) is 6.33 Å². The molecule has 0 aromatic carbocycles. The summed E-state index contributed by atoms with van der Waals surface area (Å²) in [6.45, 7) is 10.1. The third-order valence-corrected chi connectivity index (χ3v) is 3.10. The normalized spacial score (nSPS) is 10.7. The van der Waals surface area contributed by atoms with Crippen molar-refractivity contribution in [2.24, 2.45) is 0 Å². The molecule has 0 aliphatic rings. The van der Waals surface area contributed by atoms with E-state index in [0.29, 0.717) is 31.6 Å². The maximum absolute atomic E-state index is 6.04. The summed E-state index contributed by atoms with van der Waals surface area (Å²) in [6, 6.07) is 0. The third kappa shape index (κ3) is 5.30. The lowest BCUT2D eigenvalue weighted by Gasteiger charge is -2.25. The van der Waals surface area contributed by atoms with Gasteiger partial charge in [0.05, 0.1) is 13.2 Å². The highest BCUT2D eigenvalue weighted by atomic mass is 35.5. The fourth-order valence-corrected chi connectivity index (χ4v) is 1.83. The van der Waals surface area contributed by atoms with Gasteiger partial charge in [-0.1, -0.05) is 11.6 Å². The Balaban J connectivity index is 2.72. The molecular weight excluding hydrogens is 266 g/mol. The Hall–Kier alpha value is -0.910. The summed E-state index contributed by atoms with van der Waals surface area (Å²) in [5.74, 6) is 0.847. The van der Waals surface area contributed by atoms with E-state index in [4.69, 9.17) is 21.1 Å². The molecule has 0 amide bonds. The van der Waals surface area contributed by atoms with Crippen LogP contribution in [0.3, 0.4) is 0 Å². The third-order valence-electron chi connectivity index (χ3n) is 2.71. The predicted octanol–water partition coefficient (Wildman–Crippen LogP) is 2.32. The summed E-state index contributed by atoms with van der Waals surface area (Å²) in [5.41, 5.74) is 0.886. The van der Waals surface area contributed by atoms with Crippen molar-refractivity contribution in [2.45, 2.75) is 20.8 Å². The van der Waals surface area contributed by atoms with Gasteiger partial charge in [0, 0.05) is 31.9 Å². The average molecular weight is 288 g/mol. The Morgan fingerprint density at radius 3 is 2.21 bits per heavy atom. The molecule has 0 aliphatic heterocycles. The maximum Gasteiger partial charge on any atom is 0.137 e. The zero-order valence-electron chi connectivity index (χ0n) is 11.9. The van der Waals surface area contributed by atoms with Crippen LogP contribution in [-0.2, 0) is 9.47 Å². The first kappa shape index (κ1) is 16.1. The minimum absolute atomic E-state index is 0.489. The molecule has 6 heteroatoms. The van der Waals surface area contributed by atoms with Crippen molar-refractivity contribution in [1.29, 1.82) is 0 Å². The lowest BCUT2D eigenvalue weighted by molar-refractivity contribution is 0.141. The van der Waals surface area contributed by atoms with Gasteiger partial charge in [-0.3, -0.25) is 0 Å². The molecule has 1 aromatic heterocycles. The molecule has 108 valence electrons. The van der Waals surface area contributed by atoms with Crippen LogP contribution in [0.5, 0.6) is 0 Å². The van der Waals surface area contributed by atoms with Gasteiger partial charge in [-0.2, -0.15) is 0 Å². The molecule has 1 heterocycles. The van der Waals surface area contributed by atoms with Crippen molar-refractivity contribution in [3.8, 4) is 0 Å². The number of hydrogen-bond acceptors (Lipinski definition) is 5. The number of hydrogen-bond donors (Lipinski definition) is 0. The van der Waals surface area contributed by atoms with Gasteiger partial charge in [-0.05, 0) is 20.8 Å². The summed E-state index contributed by atoms with van der Waals surface area (Å²) in [6.07, 6.45) is 1.49. The summed E-state index contributed by atoms with van der Waals surface area (Å²) >= 11 is 6.04. The smallest absolute Gasteiger partial charge is 0.137 e. The Morgan fingerprint density at radius 2 is 1.68 bits per heavy atom. The molecule has 0 unspecified atom stereocenters. The minimum atomic E-state index is 0.489. The van der Waals surface area contributed by atoms with Gasteiger partial charge in [-0.15, -0.1) is 0 Å². The zero-order chi connectivity index (χ0) is 14.1. The van der Waals surface area contributed by atoms with Crippen molar-refractivity contribution in [3.63, 3.8) is 0 Å². The van der Waals surface area contributed by atoms with Crippen LogP contribution >= 0.6 is 11.6 Å². The highest BCUT2D eigenvalue weighted by Gasteiger charge is 2.13. The number of halogens is 1. The Kier molecular flexibility index (Phi) is 7.70. The lowest BCUT2D eigenvalue weighted by Crippen LogP contribution is -2.32. The standard InChI is InChI=1S/C13H22ClN3O2/c1-4-18-8-6-17(7-9-19-5-2)13-11(3)12(14)15-10-16-13/h10H,4-9H2,1-3H3. The zero-order valence-corrected chi connectivity index (χ0v) is 12.6. The molecule has 0 N–H and O–H groups in total. The van der Waals surface area contributed by atoms with Crippen LogP contribution in [0, 0.1) is 6.92 Å². The number of nitrogens with zero attached hydrogens (tertiary/aromatic N) is 3. The van der Waals surface area contributed by atoms with E-state index in [-0.39, 0.29) is 0 Å². The van der Waals surface area contributed by atoms with E-state index in [0.717, 1.165) is 24.5 Å². The fourth-order valence-electron chi connectivity index (χ4n) is 1.70. The van der Waals surface area contributed by atoms with Crippen LogP contribution in [-0.4, -0.2) is 49.5 Å². The molecule has 0 radical (unpaired) electrons. The monoisotopic (exact) mass is 287 g/mol. The maximum atomic E-state index is 6.04. The van der Waals surface area contributed by atoms with Crippen LogP contribution in [0.4, 0.5) is 5.82 Å². The van der Waals surface area contributed by atoms with Gasteiger partial charge in [-0.25, -0.2) is 9.97 Å². The summed E-state index contributed by atoms with van der Waals surface area (Å²) in [4.78, 5) is 10.4. The molecule has 0 spiro atoms.